The Kier molecular flexibility index (Phi) is 4.15. The summed E-state index contributed by atoms with van der Waals surface area (Å²) in [6, 6.07) is 7.23. The van der Waals surface area contributed by atoms with Crippen LogP contribution in [0.25, 0.3) is 0 Å². The van der Waals surface area contributed by atoms with Gasteiger partial charge < -0.3 is 14.8 Å². The molecule has 0 aliphatic carbocycles. The molecule has 1 aliphatic heterocycles. The number of carbonyl (C=O) groups is 1. The van der Waals surface area contributed by atoms with Crippen LogP contribution in [0.4, 0.5) is 5.69 Å². The summed E-state index contributed by atoms with van der Waals surface area (Å²) in [4.78, 5) is 11.4. The number of ether oxygens (including phenoxy) is 2. The zero-order valence-electron chi connectivity index (χ0n) is 12.9. The molecule has 0 spiro atoms. The van der Waals surface area contributed by atoms with Gasteiger partial charge in [-0.15, -0.1) is 0 Å². The molecule has 0 aromatic heterocycles. The van der Waals surface area contributed by atoms with E-state index in [0.717, 1.165) is 0 Å². The molecule has 0 radical (unpaired) electrons. The number of nitrogens with one attached hydrogen (secondary N) is 1. The lowest BCUT2D eigenvalue weighted by atomic mass is 10.2. The average molecular weight is 368 g/mol. The predicted octanol–water partition coefficient (Wildman–Crippen LogP) is 3.17. The molecule has 1 N–H and O–H groups in total. The Balaban J connectivity index is 2.10. The number of rotatable bonds is 3. The van der Waals surface area contributed by atoms with Crippen molar-refractivity contribution in [1.29, 1.82) is 0 Å². The van der Waals surface area contributed by atoms with Crippen LogP contribution in [-0.2, 0) is 14.6 Å². The maximum Gasteiger partial charge on any atom is 0.231 e. The van der Waals surface area contributed by atoms with Gasteiger partial charge >= 0.3 is 0 Å². The van der Waals surface area contributed by atoms with Crippen molar-refractivity contribution in [2.45, 2.75) is 23.6 Å². The fraction of sp³-hybridized carbons (Fsp3) is 0.188. The lowest BCUT2D eigenvalue weighted by Crippen LogP contribution is -2.09. The molecule has 24 heavy (non-hydrogen) atoms. The zero-order chi connectivity index (χ0) is 17.5. The van der Waals surface area contributed by atoms with E-state index in [0.29, 0.717) is 17.1 Å². The summed E-state index contributed by atoms with van der Waals surface area (Å²) >= 11 is 6.00. The number of anilines is 1. The number of aryl methyl sites for hydroxylation is 1. The summed E-state index contributed by atoms with van der Waals surface area (Å²) in [5, 5.41) is 2.77. The van der Waals surface area contributed by atoms with Gasteiger partial charge in [0.1, 0.15) is 0 Å². The first-order valence-electron chi connectivity index (χ1n) is 7.01. The molecule has 0 fully saturated rings. The van der Waals surface area contributed by atoms with Crippen molar-refractivity contribution in [2.75, 3.05) is 12.1 Å². The number of amides is 1. The molecule has 1 aliphatic rings. The molecule has 0 saturated carbocycles. The van der Waals surface area contributed by atoms with E-state index in [9.17, 15) is 13.2 Å². The largest absolute Gasteiger partial charge is 0.454 e. The third-order valence-electron chi connectivity index (χ3n) is 3.52. The standard InChI is InChI=1S/C16H14ClNO5S/c1-9-5-14-15(23-8-22-14)7-16(9)24(20,21)11-3-4-12(17)13(6-11)18-10(2)19/h3-7H,8H2,1-2H3,(H,18,19). The van der Waals surface area contributed by atoms with Gasteiger partial charge in [0, 0.05) is 13.0 Å². The number of hydrogen-bond donors (Lipinski definition) is 1. The summed E-state index contributed by atoms with van der Waals surface area (Å²) in [6.07, 6.45) is 0. The van der Waals surface area contributed by atoms with Crippen LogP contribution in [0.5, 0.6) is 11.5 Å². The zero-order valence-corrected chi connectivity index (χ0v) is 14.5. The van der Waals surface area contributed by atoms with E-state index < -0.39 is 9.84 Å². The Morgan fingerprint density at radius 2 is 1.83 bits per heavy atom. The van der Waals surface area contributed by atoms with Crippen molar-refractivity contribution < 1.29 is 22.7 Å². The quantitative estimate of drug-likeness (QED) is 0.901. The summed E-state index contributed by atoms with van der Waals surface area (Å²) in [5.74, 6) is 0.558. The number of halogens is 1. The first-order chi connectivity index (χ1) is 11.3. The molecule has 8 heteroatoms. The van der Waals surface area contributed by atoms with Gasteiger partial charge in [-0.3, -0.25) is 4.79 Å². The lowest BCUT2D eigenvalue weighted by molar-refractivity contribution is -0.114. The minimum absolute atomic E-state index is 0.0256. The highest BCUT2D eigenvalue weighted by atomic mass is 35.5. The van der Waals surface area contributed by atoms with E-state index in [4.69, 9.17) is 21.1 Å². The maximum atomic E-state index is 13.0. The molecular weight excluding hydrogens is 354 g/mol. The minimum Gasteiger partial charge on any atom is -0.454 e. The molecule has 0 saturated heterocycles. The highest BCUT2D eigenvalue weighted by Crippen LogP contribution is 2.38. The van der Waals surface area contributed by atoms with E-state index in [1.54, 1.807) is 13.0 Å². The molecule has 1 heterocycles. The fourth-order valence-electron chi connectivity index (χ4n) is 2.40. The van der Waals surface area contributed by atoms with E-state index in [-0.39, 0.29) is 33.2 Å². The number of carbonyl (C=O) groups excluding carboxylic acids is 1. The molecule has 126 valence electrons. The molecule has 0 atom stereocenters. The molecule has 2 aromatic carbocycles. The SMILES string of the molecule is CC(=O)Nc1cc(S(=O)(=O)c2cc3c(cc2C)OCO3)ccc1Cl. The topological polar surface area (TPSA) is 81.7 Å². The van der Waals surface area contributed by atoms with Crippen molar-refractivity contribution in [2.24, 2.45) is 0 Å². The van der Waals surface area contributed by atoms with Crippen LogP contribution in [-0.4, -0.2) is 21.1 Å². The second kappa shape index (κ2) is 5.99. The first kappa shape index (κ1) is 16.6. The Bertz CT molecular complexity index is 940. The van der Waals surface area contributed by atoms with E-state index >= 15 is 0 Å². The molecule has 3 rings (SSSR count). The average Bonchev–Trinajstić information content (AvgIpc) is 2.95. The van der Waals surface area contributed by atoms with Gasteiger partial charge in [-0.25, -0.2) is 8.42 Å². The smallest absolute Gasteiger partial charge is 0.231 e. The van der Waals surface area contributed by atoms with Gasteiger partial charge in [0.25, 0.3) is 0 Å². The summed E-state index contributed by atoms with van der Waals surface area (Å²) in [6.45, 7) is 3.06. The second-order valence-electron chi connectivity index (χ2n) is 5.30. The third-order valence-corrected chi connectivity index (χ3v) is 5.74. The van der Waals surface area contributed by atoms with Gasteiger partial charge in [0.2, 0.25) is 22.5 Å². The van der Waals surface area contributed by atoms with E-state index in [2.05, 4.69) is 5.32 Å². The monoisotopic (exact) mass is 367 g/mol. The lowest BCUT2D eigenvalue weighted by Gasteiger charge is -2.11. The number of fused-ring (bicyclic) bond motifs is 1. The van der Waals surface area contributed by atoms with Crippen molar-refractivity contribution in [1.82, 2.24) is 0 Å². The van der Waals surface area contributed by atoms with Crippen LogP contribution in [0.15, 0.2) is 40.1 Å². The third kappa shape index (κ3) is 2.92. The Morgan fingerprint density at radius 3 is 2.50 bits per heavy atom. The molecule has 6 nitrogen and oxygen atoms in total. The maximum absolute atomic E-state index is 13.0. The molecule has 1 amide bonds. The fourth-order valence-corrected chi connectivity index (χ4v) is 4.08. The summed E-state index contributed by atoms with van der Waals surface area (Å²) < 4.78 is 36.4. The van der Waals surface area contributed by atoms with Crippen LogP contribution in [0.2, 0.25) is 5.02 Å². The molecule has 0 unspecified atom stereocenters. The first-order valence-corrected chi connectivity index (χ1v) is 8.87. The highest BCUT2D eigenvalue weighted by molar-refractivity contribution is 7.91. The van der Waals surface area contributed by atoms with Crippen molar-refractivity contribution in [3.05, 3.63) is 40.9 Å². The van der Waals surface area contributed by atoms with Gasteiger partial charge in [-0.05, 0) is 36.8 Å². The van der Waals surface area contributed by atoms with Crippen LogP contribution >= 0.6 is 11.6 Å². The Hall–Kier alpha value is -2.25. The van der Waals surface area contributed by atoms with Gasteiger partial charge in [-0.2, -0.15) is 0 Å². The van der Waals surface area contributed by atoms with Crippen molar-refractivity contribution in [3.8, 4) is 11.5 Å². The Morgan fingerprint density at radius 1 is 1.17 bits per heavy atom. The normalized spacial score (nSPS) is 13.0. The van der Waals surface area contributed by atoms with Crippen LogP contribution in [0, 0.1) is 6.92 Å². The van der Waals surface area contributed by atoms with E-state index in [1.807, 2.05) is 0 Å². The summed E-state index contributed by atoms with van der Waals surface area (Å²) in [5.41, 5.74) is 0.777. The van der Waals surface area contributed by atoms with Crippen molar-refractivity contribution >= 4 is 33.0 Å². The van der Waals surface area contributed by atoms with Gasteiger partial charge in [-0.1, -0.05) is 11.6 Å². The number of benzene rings is 2. The molecular formula is C16H14ClNO5S. The van der Waals surface area contributed by atoms with E-state index in [1.165, 1.54) is 31.2 Å². The Labute approximate surface area is 144 Å². The predicted molar refractivity (Wildman–Crippen MR) is 88.5 cm³/mol. The highest BCUT2D eigenvalue weighted by Gasteiger charge is 2.25. The van der Waals surface area contributed by atoms with Gasteiger partial charge in [0.05, 0.1) is 20.5 Å². The van der Waals surface area contributed by atoms with Crippen LogP contribution in [0.3, 0.4) is 0 Å². The molecule has 0 bridgehead atoms. The van der Waals surface area contributed by atoms with Crippen molar-refractivity contribution in [3.63, 3.8) is 0 Å². The number of hydrogen-bond acceptors (Lipinski definition) is 5. The molecule has 2 aromatic rings. The van der Waals surface area contributed by atoms with Crippen LogP contribution in [0.1, 0.15) is 12.5 Å². The van der Waals surface area contributed by atoms with Crippen LogP contribution < -0.4 is 14.8 Å². The van der Waals surface area contributed by atoms with Gasteiger partial charge in [0.15, 0.2) is 11.5 Å². The minimum atomic E-state index is -3.81. The summed E-state index contributed by atoms with van der Waals surface area (Å²) in [7, 11) is -3.81. The number of sulfone groups is 1. The second-order valence-corrected chi connectivity index (χ2v) is 7.62.